The van der Waals surface area contributed by atoms with Crippen molar-refractivity contribution in [3.8, 4) is 11.1 Å². The van der Waals surface area contributed by atoms with Crippen LogP contribution in [0.1, 0.15) is 5.82 Å². The smallest absolute Gasteiger partial charge is 0.138 e. The lowest BCUT2D eigenvalue weighted by Crippen LogP contribution is -2.10. The fourth-order valence-electron chi connectivity index (χ4n) is 2.78. The van der Waals surface area contributed by atoms with Gasteiger partial charge in [0.25, 0.3) is 0 Å². The first-order valence-corrected chi connectivity index (χ1v) is 8.78. The van der Waals surface area contributed by atoms with E-state index in [-0.39, 0.29) is 5.82 Å². The van der Waals surface area contributed by atoms with Crippen LogP contribution in [0, 0.1) is 5.82 Å². The van der Waals surface area contributed by atoms with Gasteiger partial charge in [-0.05, 0) is 17.7 Å². The molecule has 0 aliphatic heterocycles. The molecule has 0 atom stereocenters. The van der Waals surface area contributed by atoms with Crippen molar-refractivity contribution < 1.29 is 4.39 Å². The summed E-state index contributed by atoms with van der Waals surface area (Å²) in [5.74, 6) is 1.56. The lowest BCUT2D eigenvalue weighted by Gasteiger charge is -2.08. The van der Waals surface area contributed by atoms with Crippen LogP contribution in [0.2, 0.25) is 0 Å². The summed E-state index contributed by atoms with van der Waals surface area (Å²) in [6.45, 7) is 0.718. The Balaban J connectivity index is 1.63. The number of thiophene rings is 1. The maximum atomic E-state index is 13.2. The van der Waals surface area contributed by atoms with Gasteiger partial charge in [0.05, 0.1) is 5.39 Å². The van der Waals surface area contributed by atoms with Crippen molar-refractivity contribution in [3.63, 3.8) is 0 Å². The highest BCUT2D eigenvalue weighted by Crippen LogP contribution is 2.36. The molecule has 1 aromatic carbocycles. The number of nitrogens with zero attached hydrogens (tertiary/aromatic N) is 4. The van der Waals surface area contributed by atoms with E-state index in [0.29, 0.717) is 0 Å². The van der Waals surface area contributed by atoms with E-state index in [2.05, 4.69) is 20.3 Å². The summed E-state index contributed by atoms with van der Waals surface area (Å²) < 4.78 is 15.2. The van der Waals surface area contributed by atoms with Crippen LogP contribution >= 0.6 is 11.3 Å². The van der Waals surface area contributed by atoms with Gasteiger partial charge in [-0.2, -0.15) is 0 Å². The molecular weight excluding hydrogens is 337 g/mol. The van der Waals surface area contributed by atoms with Crippen molar-refractivity contribution in [2.45, 2.75) is 6.42 Å². The maximum absolute atomic E-state index is 13.2. The van der Waals surface area contributed by atoms with Gasteiger partial charge >= 0.3 is 0 Å². The monoisotopic (exact) mass is 353 g/mol. The molecule has 0 unspecified atom stereocenters. The van der Waals surface area contributed by atoms with Gasteiger partial charge in [0.2, 0.25) is 0 Å². The molecule has 0 bridgehead atoms. The lowest BCUT2D eigenvalue weighted by atomic mass is 10.1. The Bertz CT molecular complexity index is 1010. The number of imidazole rings is 1. The first-order chi connectivity index (χ1) is 12.2. The zero-order valence-electron chi connectivity index (χ0n) is 13.6. The zero-order valence-corrected chi connectivity index (χ0v) is 14.4. The highest BCUT2D eigenvalue weighted by atomic mass is 32.1. The third-order valence-electron chi connectivity index (χ3n) is 4.09. The molecule has 3 heterocycles. The van der Waals surface area contributed by atoms with Crippen LogP contribution in [0.3, 0.4) is 0 Å². The van der Waals surface area contributed by atoms with E-state index < -0.39 is 0 Å². The van der Waals surface area contributed by atoms with Gasteiger partial charge in [-0.1, -0.05) is 12.1 Å². The number of fused-ring (bicyclic) bond motifs is 1. The van der Waals surface area contributed by atoms with Crippen LogP contribution in [0.25, 0.3) is 21.3 Å². The number of aromatic nitrogens is 4. The number of hydrogen-bond donors (Lipinski definition) is 1. The van der Waals surface area contributed by atoms with Gasteiger partial charge in [0.15, 0.2) is 0 Å². The van der Waals surface area contributed by atoms with Crippen molar-refractivity contribution in [1.82, 2.24) is 19.5 Å². The van der Waals surface area contributed by atoms with Crippen LogP contribution in [-0.2, 0) is 13.5 Å². The average Bonchev–Trinajstić information content (AvgIpc) is 3.23. The second-order valence-corrected chi connectivity index (χ2v) is 6.55. The molecule has 0 fully saturated rings. The van der Waals surface area contributed by atoms with E-state index in [9.17, 15) is 4.39 Å². The van der Waals surface area contributed by atoms with Gasteiger partial charge in [0.1, 0.15) is 28.6 Å². The summed E-state index contributed by atoms with van der Waals surface area (Å²) in [4.78, 5) is 14.0. The largest absolute Gasteiger partial charge is 0.369 e. The SMILES string of the molecule is Cn1ccnc1CCNc1ncnc2scc(-c3ccc(F)cc3)c12. The highest BCUT2D eigenvalue weighted by molar-refractivity contribution is 7.17. The molecule has 0 amide bonds. The van der Waals surface area contributed by atoms with E-state index in [1.165, 1.54) is 12.1 Å². The Morgan fingerprint density at radius 2 is 2.00 bits per heavy atom. The number of aryl methyl sites for hydroxylation is 1. The van der Waals surface area contributed by atoms with Crippen LogP contribution in [0.15, 0.2) is 48.4 Å². The number of nitrogens with one attached hydrogen (secondary N) is 1. The average molecular weight is 353 g/mol. The molecular formula is C18H16FN5S. The molecule has 4 rings (SSSR count). The molecule has 4 aromatic rings. The normalized spacial score (nSPS) is 11.1. The predicted molar refractivity (Wildman–Crippen MR) is 98.2 cm³/mol. The minimum atomic E-state index is -0.243. The summed E-state index contributed by atoms with van der Waals surface area (Å²) in [5, 5.41) is 6.40. The molecule has 0 spiro atoms. The first-order valence-electron chi connectivity index (χ1n) is 7.90. The molecule has 3 aromatic heterocycles. The summed E-state index contributed by atoms with van der Waals surface area (Å²) >= 11 is 1.56. The second-order valence-electron chi connectivity index (χ2n) is 5.69. The van der Waals surface area contributed by atoms with Crippen molar-refractivity contribution in [2.75, 3.05) is 11.9 Å². The molecule has 0 saturated carbocycles. The van der Waals surface area contributed by atoms with E-state index in [0.717, 1.165) is 46.0 Å². The minimum absolute atomic E-state index is 0.243. The van der Waals surface area contributed by atoms with Gasteiger partial charge < -0.3 is 9.88 Å². The quantitative estimate of drug-likeness (QED) is 0.591. The van der Waals surface area contributed by atoms with E-state index in [1.807, 2.05) is 23.2 Å². The summed E-state index contributed by atoms with van der Waals surface area (Å²) in [6.07, 6.45) is 6.09. The van der Waals surface area contributed by atoms with Gasteiger partial charge in [-0.15, -0.1) is 11.3 Å². The molecule has 0 saturated heterocycles. The zero-order chi connectivity index (χ0) is 17.2. The number of halogens is 1. The third-order valence-corrected chi connectivity index (χ3v) is 4.97. The Morgan fingerprint density at radius 1 is 1.16 bits per heavy atom. The van der Waals surface area contributed by atoms with Crippen LogP contribution < -0.4 is 5.32 Å². The summed E-state index contributed by atoms with van der Waals surface area (Å²) in [5.41, 5.74) is 1.97. The van der Waals surface area contributed by atoms with Gasteiger partial charge in [-0.3, -0.25) is 0 Å². The van der Waals surface area contributed by atoms with Crippen LogP contribution in [0.5, 0.6) is 0 Å². The third kappa shape index (κ3) is 3.10. The lowest BCUT2D eigenvalue weighted by molar-refractivity contribution is 0.628. The summed E-state index contributed by atoms with van der Waals surface area (Å²) in [6, 6.07) is 6.50. The summed E-state index contributed by atoms with van der Waals surface area (Å²) in [7, 11) is 1.98. The molecule has 7 heteroatoms. The topological polar surface area (TPSA) is 55.6 Å². The number of benzene rings is 1. The van der Waals surface area contributed by atoms with E-state index in [1.54, 1.807) is 36.0 Å². The van der Waals surface area contributed by atoms with E-state index >= 15 is 0 Å². The molecule has 1 N–H and O–H groups in total. The fourth-order valence-corrected chi connectivity index (χ4v) is 3.70. The first kappa shape index (κ1) is 15.7. The molecule has 5 nitrogen and oxygen atoms in total. The van der Waals surface area contributed by atoms with Crippen LogP contribution in [-0.4, -0.2) is 26.1 Å². The minimum Gasteiger partial charge on any atom is -0.369 e. The maximum Gasteiger partial charge on any atom is 0.138 e. The second kappa shape index (κ2) is 6.60. The molecule has 0 radical (unpaired) electrons. The Hall–Kier alpha value is -2.80. The highest BCUT2D eigenvalue weighted by Gasteiger charge is 2.13. The number of rotatable bonds is 5. The van der Waals surface area contributed by atoms with Crippen LogP contribution in [0.4, 0.5) is 10.2 Å². The molecule has 0 aliphatic carbocycles. The fraction of sp³-hybridized carbons (Fsp3) is 0.167. The Kier molecular flexibility index (Phi) is 4.15. The molecule has 25 heavy (non-hydrogen) atoms. The van der Waals surface area contributed by atoms with Crippen molar-refractivity contribution in [3.05, 3.63) is 60.0 Å². The van der Waals surface area contributed by atoms with Gasteiger partial charge in [0, 0.05) is 43.4 Å². The Labute approximate surface area is 148 Å². The van der Waals surface area contributed by atoms with Crippen molar-refractivity contribution in [1.29, 1.82) is 0 Å². The molecule has 126 valence electrons. The number of hydrogen-bond acceptors (Lipinski definition) is 5. The van der Waals surface area contributed by atoms with Gasteiger partial charge in [-0.25, -0.2) is 19.3 Å². The van der Waals surface area contributed by atoms with Crippen molar-refractivity contribution >= 4 is 27.4 Å². The van der Waals surface area contributed by atoms with Crippen molar-refractivity contribution in [2.24, 2.45) is 7.05 Å². The number of anilines is 1. The predicted octanol–water partition coefficient (Wildman–Crippen LogP) is 3.89. The standard InChI is InChI=1S/C18H16FN5S/c1-24-9-8-20-15(24)6-7-21-17-16-14(10-25-18(16)23-11-22-17)12-2-4-13(19)5-3-12/h2-5,8-11H,6-7H2,1H3,(H,21,22,23). The van der Waals surface area contributed by atoms with E-state index in [4.69, 9.17) is 0 Å². The molecule has 0 aliphatic rings. The Morgan fingerprint density at radius 3 is 2.76 bits per heavy atom.